The van der Waals surface area contributed by atoms with E-state index in [1.54, 1.807) is 0 Å². The molecule has 4 N–H and O–H groups in total. The molecule has 0 aliphatic carbocycles. The number of nitrogens with one attached hydrogen (secondary N) is 4. The van der Waals surface area contributed by atoms with Crippen LogP contribution >= 0.6 is 0 Å². The second kappa shape index (κ2) is 10.5. The van der Waals surface area contributed by atoms with Gasteiger partial charge in [0.2, 0.25) is 17.7 Å². The highest BCUT2D eigenvalue weighted by Gasteiger charge is 2.28. The summed E-state index contributed by atoms with van der Waals surface area (Å²) in [6, 6.07) is 4.36. The van der Waals surface area contributed by atoms with Crippen LogP contribution in [0.2, 0.25) is 0 Å². The van der Waals surface area contributed by atoms with Gasteiger partial charge in [-0.1, -0.05) is 13.8 Å². The van der Waals surface area contributed by atoms with Crippen LogP contribution < -0.4 is 21.3 Å². The predicted octanol–water partition coefficient (Wildman–Crippen LogP) is 0.932. The predicted molar refractivity (Wildman–Crippen MR) is 107 cm³/mol. The van der Waals surface area contributed by atoms with Crippen molar-refractivity contribution in [1.29, 1.82) is 0 Å². The summed E-state index contributed by atoms with van der Waals surface area (Å²) in [7, 11) is 0. The molecule has 2 atom stereocenters. The smallest absolute Gasteiger partial charge is 0.269 e. The van der Waals surface area contributed by atoms with Crippen LogP contribution in [0.3, 0.4) is 0 Å². The zero-order valence-electron chi connectivity index (χ0n) is 16.6. The number of non-ortho nitro benzene ring substituents is 1. The Morgan fingerprint density at radius 2 is 1.93 bits per heavy atom. The van der Waals surface area contributed by atoms with Crippen molar-refractivity contribution in [1.82, 2.24) is 16.0 Å². The van der Waals surface area contributed by atoms with Gasteiger partial charge < -0.3 is 21.3 Å². The summed E-state index contributed by atoms with van der Waals surface area (Å²) in [5, 5.41) is 21.6. The zero-order valence-corrected chi connectivity index (χ0v) is 16.6. The first-order valence-corrected chi connectivity index (χ1v) is 9.62. The molecule has 0 radical (unpaired) electrons. The monoisotopic (exact) mass is 405 g/mol. The van der Waals surface area contributed by atoms with Crippen molar-refractivity contribution in [3.63, 3.8) is 0 Å². The van der Waals surface area contributed by atoms with Gasteiger partial charge in [-0.25, -0.2) is 0 Å². The van der Waals surface area contributed by atoms with E-state index in [1.165, 1.54) is 24.3 Å². The molecular weight excluding hydrogens is 378 g/mol. The van der Waals surface area contributed by atoms with Crippen LogP contribution in [-0.4, -0.2) is 47.8 Å². The number of benzene rings is 1. The third-order valence-electron chi connectivity index (χ3n) is 4.50. The fourth-order valence-corrected chi connectivity index (χ4v) is 3.05. The van der Waals surface area contributed by atoms with Crippen LogP contribution in [0, 0.1) is 16.0 Å². The van der Waals surface area contributed by atoms with E-state index in [0.29, 0.717) is 12.1 Å². The summed E-state index contributed by atoms with van der Waals surface area (Å²) in [5.41, 5.74) is 0.300. The van der Waals surface area contributed by atoms with Gasteiger partial charge in [-0.15, -0.1) is 0 Å². The van der Waals surface area contributed by atoms with Gasteiger partial charge in [0.1, 0.15) is 6.04 Å². The van der Waals surface area contributed by atoms with E-state index in [-0.39, 0.29) is 30.1 Å². The molecule has 1 saturated heterocycles. The second-order valence-electron chi connectivity index (χ2n) is 7.41. The summed E-state index contributed by atoms with van der Waals surface area (Å²) in [6.45, 7) is 4.40. The van der Waals surface area contributed by atoms with Crippen LogP contribution in [0.4, 0.5) is 11.4 Å². The van der Waals surface area contributed by atoms with Crippen molar-refractivity contribution in [2.75, 3.05) is 18.4 Å². The average molecular weight is 405 g/mol. The van der Waals surface area contributed by atoms with Crippen LogP contribution in [0.25, 0.3) is 0 Å². The molecule has 1 aliphatic heterocycles. The average Bonchev–Trinajstić information content (AvgIpc) is 3.20. The Morgan fingerprint density at radius 3 is 2.48 bits per heavy atom. The molecule has 0 spiro atoms. The molecule has 10 heteroatoms. The summed E-state index contributed by atoms with van der Waals surface area (Å²) < 4.78 is 0. The quantitative estimate of drug-likeness (QED) is 0.356. The Morgan fingerprint density at radius 1 is 1.24 bits per heavy atom. The molecule has 1 aromatic carbocycles. The lowest BCUT2D eigenvalue weighted by Crippen LogP contribution is -2.52. The number of hydrogen-bond donors (Lipinski definition) is 4. The van der Waals surface area contributed by atoms with Gasteiger partial charge in [0.05, 0.1) is 17.5 Å². The maximum Gasteiger partial charge on any atom is 0.269 e. The van der Waals surface area contributed by atoms with Crippen LogP contribution in [0.5, 0.6) is 0 Å². The van der Waals surface area contributed by atoms with E-state index >= 15 is 0 Å². The molecule has 10 nitrogen and oxygen atoms in total. The highest BCUT2D eigenvalue weighted by Crippen LogP contribution is 2.15. The number of nitro groups is 1. The zero-order chi connectivity index (χ0) is 21.4. The third kappa shape index (κ3) is 7.15. The van der Waals surface area contributed by atoms with Crippen molar-refractivity contribution >= 4 is 29.1 Å². The summed E-state index contributed by atoms with van der Waals surface area (Å²) in [6.07, 6.45) is 2.11. The number of carbonyl (C=O) groups is 3. The largest absolute Gasteiger partial charge is 0.345 e. The molecule has 0 aromatic heterocycles. The van der Waals surface area contributed by atoms with Crippen molar-refractivity contribution in [3.05, 3.63) is 34.4 Å². The van der Waals surface area contributed by atoms with E-state index in [9.17, 15) is 24.5 Å². The molecule has 158 valence electrons. The van der Waals surface area contributed by atoms with Gasteiger partial charge in [0.15, 0.2) is 0 Å². The standard InChI is InChI=1S/C19H27N5O5/c1-12(2)10-16(23-19(27)15-4-3-9-20-15)18(26)21-11-17(25)22-13-5-7-14(8-6-13)24(28)29/h5-8,12,15-16,20H,3-4,9-11H2,1-2H3,(H,21,26)(H,22,25)(H,23,27)/t15-,16-/m0/s1. The molecule has 0 unspecified atom stereocenters. The van der Waals surface area contributed by atoms with Gasteiger partial charge in [-0.05, 0) is 43.9 Å². The summed E-state index contributed by atoms with van der Waals surface area (Å²) >= 11 is 0. The Hall–Kier alpha value is -3.01. The SMILES string of the molecule is CC(C)C[C@H](NC(=O)[C@@H]1CCCN1)C(=O)NCC(=O)Nc1ccc([N+](=O)[O-])cc1. The molecule has 1 aliphatic rings. The minimum atomic E-state index is -0.725. The van der Waals surface area contributed by atoms with Crippen molar-refractivity contribution in [2.24, 2.45) is 5.92 Å². The number of nitrogens with zero attached hydrogens (tertiary/aromatic N) is 1. The first kappa shape index (κ1) is 22.3. The highest BCUT2D eigenvalue weighted by atomic mass is 16.6. The van der Waals surface area contributed by atoms with E-state index in [4.69, 9.17) is 0 Å². The number of rotatable bonds is 9. The second-order valence-corrected chi connectivity index (χ2v) is 7.41. The maximum absolute atomic E-state index is 12.5. The molecule has 0 saturated carbocycles. The minimum Gasteiger partial charge on any atom is -0.345 e. The van der Waals surface area contributed by atoms with Gasteiger partial charge in [-0.3, -0.25) is 24.5 Å². The first-order chi connectivity index (χ1) is 13.8. The topological polar surface area (TPSA) is 142 Å². The fourth-order valence-electron chi connectivity index (χ4n) is 3.05. The minimum absolute atomic E-state index is 0.0830. The van der Waals surface area contributed by atoms with E-state index in [2.05, 4.69) is 21.3 Å². The van der Waals surface area contributed by atoms with Crippen LogP contribution in [0.15, 0.2) is 24.3 Å². The molecule has 0 bridgehead atoms. The van der Waals surface area contributed by atoms with E-state index in [1.807, 2.05) is 13.8 Å². The number of hydrogen-bond acceptors (Lipinski definition) is 6. The lowest BCUT2D eigenvalue weighted by Gasteiger charge is -2.22. The van der Waals surface area contributed by atoms with E-state index < -0.39 is 22.8 Å². The normalized spacial score (nSPS) is 16.9. The Labute approximate surface area is 169 Å². The Kier molecular flexibility index (Phi) is 8.08. The van der Waals surface area contributed by atoms with E-state index in [0.717, 1.165) is 19.4 Å². The number of nitro benzene ring substituents is 1. The van der Waals surface area contributed by atoms with Crippen molar-refractivity contribution < 1.29 is 19.3 Å². The van der Waals surface area contributed by atoms with Gasteiger partial charge in [0.25, 0.3) is 5.69 Å². The molecule has 2 rings (SSSR count). The lowest BCUT2D eigenvalue weighted by atomic mass is 10.0. The molecule has 29 heavy (non-hydrogen) atoms. The van der Waals surface area contributed by atoms with Crippen LogP contribution in [0.1, 0.15) is 33.1 Å². The first-order valence-electron chi connectivity index (χ1n) is 9.62. The summed E-state index contributed by atoms with van der Waals surface area (Å²) in [5.74, 6) is -0.932. The van der Waals surface area contributed by atoms with Crippen molar-refractivity contribution in [3.8, 4) is 0 Å². The molecule has 1 heterocycles. The molecule has 3 amide bonds. The maximum atomic E-state index is 12.5. The summed E-state index contributed by atoms with van der Waals surface area (Å²) in [4.78, 5) is 47.0. The Bertz CT molecular complexity index is 744. The fraction of sp³-hybridized carbons (Fsp3) is 0.526. The number of anilines is 1. The third-order valence-corrected chi connectivity index (χ3v) is 4.50. The Balaban J connectivity index is 1.86. The lowest BCUT2D eigenvalue weighted by molar-refractivity contribution is -0.384. The van der Waals surface area contributed by atoms with Gasteiger partial charge in [0, 0.05) is 17.8 Å². The molecular formula is C19H27N5O5. The highest BCUT2D eigenvalue weighted by molar-refractivity contribution is 5.96. The van der Waals surface area contributed by atoms with Gasteiger partial charge in [-0.2, -0.15) is 0 Å². The molecule has 1 fully saturated rings. The number of amides is 3. The molecule has 1 aromatic rings. The van der Waals surface area contributed by atoms with Gasteiger partial charge >= 0.3 is 0 Å². The number of carbonyl (C=O) groups excluding carboxylic acids is 3. The van der Waals surface area contributed by atoms with Crippen molar-refractivity contribution in [2.45, 2.75) is 45.2 Å². The van der Waals surface area contributed by atoms with Crippen LogP contribution in [-0.2, 0) is 14.4 Å².